The van der Waals surface area contributed by atoms with Gasteiger partial charge in [0.05, 0.1) is 6.26 Å². The van der Waals surface area contributed by atoms with Crippen molar-refractivity contribution in [2.24, 2.45) is 0 Å². The first-order valence-electron chi connectivity index (χ1n) is 5.90. The Bertz CT molecular complexity index is 403. The number of rotatable bonds is 4. The van der Waals surface area contributed by atoms with Gasteiger partial charge in [-0.05, 0) is 39.3 Å². The molecule has 1 atom stereocenters. The maximum Gasteiger partial charge on any atom is 0.374 e. The van der Waals surface area contributed by atoms with Crippen molar-refractivity contribution in [1.29, 1.82) is 0 Å². The number of nitrogens with one attached hydrogen (secondary N) is 1. The maximum absolute atomic E-state index is 11.9. The number of hydrogen-bond donors (Lipinski definition) is 1. The molecule has 100 valence electrons. The van der Waals surface area contributed by atoms with Gasteiger partial charge >= 0.3 is 5.97 Å². The van der Waals surface area contributed by atoms with Gasteiger partial charge in [-0.25, -0.2) is 4.79 Å². The Morgan fingerprint density at radius 1 is 1.44 bits per heavy atom. The van der Waals surface area contributed by atoms with Gasteiger partial charge in [-0.3, -0.25) is 4.79 Å². The minimum absolute atomic E-state index is 0.0945. The van der Waals surface area contributed by atoms with Gasteiger partial charge in [0.25, 0.3) is 5.91 Å². The summed E-state index contributed by atoms with van der Waals surface area (Å²) in [5.41, 5.74) is -0.360. The molecule has 1 heterocycles. The SMILES string of the molecule is CC[C@H](OC(=O)c1ccco1)C(=O)NC(C)(C)C. The molecule has 5 nitrogen and oxygen atoms in total. The zero-order valence-electron chi connectivity index (χ0n) is 11.1. The van der Waals surface area contributed by atoms with Crippen LogP contribution in [0.2, 0.25) is 0 Å². The number of ether oxygens (including phenoxy) is 1. The number of carbonyl (C=O) groups is 2. The number of carbonyl (C=O) groups excluding carboxylic acids is 2. The smallest absolute Gasteiger partial charge is 0.374 e. The van der Waals surface area contributed by atoms with Crippen LogP contribution in [-0.2, 0) is 9.53 Å². The first-order valence-corrected chi connectivity index (χ1v) is 5.90. The highest BCUT2D eigenvalue weighted by atomic mass is 16.6. The molecule has 0 aliphatic rings. The van der Waals surface area contributed by atoms with E-state index in [1.54, 1.807) is 13.0 Å². The average Bonchev–Trinajstić information content (AvgIpc) is 2.76. The van der Waals surface area contributed by atoms with Gasteiger partial charge in [-0.15, -0.1) is 0 Å². The second-order valence-corrected chi connectivity index (χ2v) is 5.02. The fourth-order valence-electron chi connectivity index (χ4n) is 1.35. The van der Waals surface area contributed by atoms with E-state index < -0.39 is 12.1 Å². The summed E-state index contributed by atoms with van der Waals surface area (Å²) in [7, 11) is 0. The van der Waals surface area contributed by atoms with Crippen molar-refractivity contribution < 1.29 is 18.7 Å². The van der Waals surface area contributed by atoms with Gasteiger partial charge in [0, 0.05) is 5.54 Å². The molecule has 0 aliphatic carbocycles. The molecule has 0 saturated heterocycles. The fourth-order valence-corrected chi connectivity index (χ4v) is 1.35. The van der Waals surface area contributed by atoms with Crippen LogP contribution in [0.5, 0.6) is 0 Å². The van der Waals surface area contributed by atoms with Crippen LogP contribution in [0, 0.1) is 0 Å². The van der Waals surface area contributed by atoms with Crippen LogP contribution in [0.3, 0.4) is 0 Å². The summed E-state index contributed by atoms with van der Waals surface area (Å²) in [5, 5.41) is 2.77. The van der Waals surface area contributed by atoms with E-state index in [0.29, 0.717) is 6.42 Å². The van der Waals surface area contributed by atoms with Crippen molar-refractivity contribution in [3.63, 3.8) is 0 Å². The molecule has 0 radical (unpaired) electrons. The van der Waals surface area contributed by atoms with Crippen molar-refractivity contribution in [2.45, 2.75) is 45.8 Å². The molecular formula is C13H19NO4. The van der Waals surface area contributed by atoms with E-state index in [1.165, 1.54) is 12.3 Å². The monoisotopic (exact) mass is 253 g/mol. The summed E-state index contributed by atoms with van der Waals surface area (Å²) in [4.78, 5) is 23.5. The molecule has 0 unspecified atom stereocenters. The van der Waals surface area contributed by atoms with E-state index in [0.717, 1.165) is 0 Å². The fraction of sp³-hybridized carbons (Fsp3) is 0.538. The molecule has 1 aromatic heterocycles. The van der Waals surface area contributed by atoms with Crippen molar-refractivity contribution in [1.82, 2.24) is 5.32 Å². The van der Waals surface area contributed by atoms with Crippen molar-refractivity contribution in [2.75, 3.05) is 0 Å². The first kappa shape index (κ1) is 14.3. The molecule has 0 fully saturated rings. The molecule has 0 aromatic carbocycles. The zero-order chi connectivity index (χ0) is 13.8. The Balaban J connectivity index is 2.62. The van der Waals surface area contributed by atoms with Crippen LogP contribution in [0.1, 0.15) is 44.7 Å². The quantitative estimate of drug-likeness (QED) is 0.835. The normalized spacial score (nSPS) is 12.9. The summed E-state index contributed by atoms with van der Waals surface area (Å²) in [5.74, 6) is -0.835. The largest absolute Gasteiger partial charge is 0.457 e. The molecule has 0 spiro atoms. The summed E-state index contributed by atoms with van der Waals surface area (Å²) < 4.78 is 10.0. The standard InChI is InChI=1S/C13H19NO4/c1-5-9(11(15)14-13(2,3)4)18-12(16)10-7-6-8-17-10/h6-9H,5H2,1-4H3,(H,14,15)/t9-/m0/s1. The van der Waals surface area contributed by atoms with E-state index in [-0.39, 0.29) is 17.2 Å². The van der Waals surface area contributed by atoms with E-state index in [4.69, 9.17) is 9.15 Å². The number of esters is 1. The molecule has 1 aromatic rings. The van der Waals surface area contributed by atoms with Gasteiger partial charge in [0.15, 0.2) is 6.10 Å². The Kier molecular flexibility index (Phi) is 4.53. The Morgan fingerprint density at radius 3 is 2.56 bits per heavy atom. The number of hydrogen-bond acceptors (Lipinski definition) is 4. The molecule has 0 aliphatic heterocycles. The molecule has 0 saturated carbocycles. The molecule has 18 heavy (non-hydrogen) atoms. The average molecular weight is 253 g/mol. The van der Waals surface area contributed by atoms with Crippen LogP contribution >= 0.6 is 0 Å². The van der Waals surface area contributed by atoms with Crippen molar-refractivity contribution in [3.8, 4) is 0 Å². The summed E-state index contributed by atoms with van der Waals surface area (Å²) in [6, 6.07) is 3.09. The predicted molar refractivity (Wildman–Crippen MR) is 66.1 cm³/mol. The van der Waals surface area contributed by atoms with Gasteiger partial charge in [-0.1, -0.05) is 6.92 Å². The summed E-state index contributed by atoms with van der Waals surface area (Å²) in [6.07, 6.45) is 0.989. The van der Waals surface area contributed by atoms with Crippen molar-refractivity contribution in [3.05, 3.63) is 24.2 Å². The minimum Gasteiger partial charge on any atom is -0.457 e. The third kappa shape index (κ3) is 4.24. The van der Waals surface area contributed by atoms with Crippen LogP contribution in [-0.4, -0.2) is 23.5 Å². The highest BCUT2D eigenvalue weighted by Gasteiger charge is 2.26. The summed E-state index contributed by atoms with van der Waals surface area (Å²) >= 11 is 0. The van der Waals surface area contributed by atoms with Gasteiger partial charge < -0.3 is 14.5 Å². The first-order chi connectivity index (χ1) is 8.33. The highest BCUT2D eigenvalue weighted by Crippen LogP contribution is 2.09. The third-order valence-electron chi connectivity index (χ3n) is 2.13. The molecule has 5 heteroatoms. The van der Waals surface area contributed by atoms with E-state index in [1.807, 2.05) is 20.8 Å². The lowest BCUT2D eigenvalue weighted by Gasteiger charge is -2.24. The van der Waals surface area contributed by atoms with Gasteiger partial charge in [-0.2, -0.15) is 0 Å². The van der Waals surface area contributed by atoms with Gasteiger partial charge in [0.1, 0.15) is 0 Å². The van der Waals surface area contributed by atoms with E-state index in [9.17, 15) is 9.59 Å². The second-order valence-electron chi connectivity index (χ2n) is 5.02. The third-order valence-corrected chi connectivity index (χ3v) is 2.13. The number of amides is 1. The second kappa shape index (κ2) is 5.71. The lowest BCUT2D eigenvalue weighted by Crippen LogP contribution is -2.47. The van der Waals surface area contributed by atoms with Crippen molar-refractivity contribution >= 4 is 11.9 Å². The predicted octanol–water partition coefficient (Wildman–Crippen LogP) is 2.13. The minimum atomic E-state index is -0.804. The van der Waals surface area contributed by atoms with Crippen LogP contribution < -0.4 is 5.32 Å². The lowest BCUT2D eigenvalue weighted by molar-refractivity contribution is -0.131. The summed E-state index contributed by atoms with van der Waals surface area (Å²) in [6.45, 7) is 7.38. The Hall–Kier alpha value is -1.78. The molecule has 1 N–H and O–H groups in total. The Morgan fingerprint density at radius 2 is 2.11 bits per heavy atom. The molecular weight excluding hydrogens is 234 g/mol. The molecule has 1 amide bonds. The van der Waals surface area contributed by atoms with Crippen LogP contribution in [0.15, 0.2) is 22.8 Å². The Labute approximate surface area is 106 Å². The zero-order valence-corrected chi connectivity index (χ0v) is 11.1. The topological polar surface area (TPSA) is 68.5 Å². The number of furan rings is 1. The van der Waals surface area contributed by atoms with E-state index >= 15 is 0 Å². The highest BCUT2D eigenvalue weighted by molar-refractivity contribution is 5.90. The lowest BCUT2D eigenvalue weighted by atomic mass is 10.1. The molecule has 0 bridgehead atoms. The van der Waals surface area contributed by atoms with Crippen LogP contribution in [0.4, 0.5) is 0 Å². The van der Waals surface area contributed by atoms with Crippen LogP contribution in [0.25, 0.3) is 0 Å². The van der Waals surface area contributed by atoms with E-state index in [2.05, 4.69) is 5.32 Å². The molecule has 1 rings (SSSR count). The van der Waals surface area contributed by atoms with Gasteiger partial charge in [0.2, 0.25) is 5.76 Å². The maximum atomic E-state index is 11.9.